The van der Waals surface area contributed by atoms with E-state index in [1.807, 2.05) is 32.8 Å². The third kappa shape index (κ3) is 12.2. The van der Waals surface area contributed by atoms with Gasteiger partial charge in [-0.05, 0) is 62.8 Å². The number of hydrogen-bond donors (Lipinski definition) is 0. The lowest BCUT2D eigenvalue weighted by Crippen LogP contribution is -2.54. The zero-order valence-corrected chi connectivity index (χ0v) is 36.5. The highest BCUT2D eigenvalue weighted by Crippen LogP contribution is 2.32. The molecule has 1 heterocycles. The van der Waals surface area contributed by atoms with Crippen molar-refractivity contribution in [3.63, 3.8) is 0 Å². The molecule has 0 aliphatic carbocycles. The number of methoxy groups -OCH3 is 2. The third-order valence-corrected chi connectivity index (χ3v) is 12.9. The summed E-state index contributed by atoms with van der Waals surface area (Å²) < 4.78 is 12.0. The van der Waals surface area contributed by atoms with Gasteiger partial charge in [-0.1, -0.05) is 82.6 Å². The highest BCUT2D eigenvalue weighted by molar-refractivity contribution is 5.90. The standard InChI is InChI=1S/C42H80N4O6/c1-18-29(8)38(45(15)40(49)30(9)24-34(47)37(28(6)7)43(13)26-42(12,19-2)20-3)35(51-16)25-36(48)46-23-21-22-33(46)39(52-17)31(10)41(50)44(14)32(11)27(4)5/h27-33,35,37-39H,18-26H2,1-17H3/t29-,30+,31+,32+,33-,35+,37-,38-,39+/m0/s1. The lowest BCUT2D eigenvalue weighted by molar-refractivity contribution is -0.149. The summed E-state index contributed by atoms with van der Waals surface area (Å²) >= 11 is 0. The highest BCUT2D eigenvalue weighted by atomic mass is 16.5. The molecule has 1 saturated heterocycles. The molecular formula is C42H80N4O6. The number of nitrogens with zero attached hydrogens (tertiary/aromatic N) is 4. The van der Waals surface area contributed by atoms with E-state index in [0.29, 0.717) is 12.5 Å². The van der Waals surface area contributed by atoms with Crippen LogP contribution in [0.25, 0.3) is 0 Å². The van der Waals surface area contributed by atoms with Crippen LogP contribution in [0.1, 0.15) is 128 Å². The van der Waals surface area contributed by atoms with Crippen molar-refractivity contribution in [3.05, 3.63) is 0 Å². The quantitative estimate of drug-likeness (QED) is 0.114. The summed E-state index contributed by atoms with van der Waals surface area (Å²) in [4.78, 5) is 63.2. The summed E-state index contributed by atoms with van der Waals surface area (Å²) in [5, 5.41) is 0. The van der Waals surface area contributed by atoms with Crippen LogP contribution in [-0.2, 0) is 28.7 Å². The number of rotatable bonds is 23. The van der Waals surface area contributed by atoms with Gasteiger partial charge in [0.25, 0.3) is 0 Å². The van der Waals surface area contributed by atoms with Crippen molar-refractivity contribution >= 4 is 23.5 Å². The number of ketones is 1. The van der Waals surface area contributed by atoms with E-state index in [4.69, 9.17) is 9.47 Å². The van der Waals surface area contributed by atoms with Crippen LogP contribution < -0.4 is 0 Å². The van der Waals surface area contributed by atoms with Gasteiger partial charge in [0.2, 0.25) is 17.7 Å². The number of likely N-dealkylation sites (N-methyl/N-ethyl adjacent to an activating group) is 2. The van der Waals surface area contributed by atoms with Gasteiger partial charge in [-0.25, -0.2) is 0 Å². The Morgan fingerprint density at radius 2 is 1.38 bits per heavy atom. The second kappa shape index (κ2) is 21.7. The van der Waals surface area contributed by atoms with Crippen molar-refractivity contribution in [2.45, 2.75) is 164 Å². The van der Waals surface area contributed by atoms with Gasteiger partial charge in [0, 0.05) is 59.8 Å². The maximum atomic E-state index is 14.1. The van der Waals surface area contributed by atoms with E-state index in [2.05, 4.69) is 74.1 Å². The molecule has 1 aliphatic heterocycles. The predicted molar refractivity (Wildman–Crippen MR) is 212 cm³/mol. The van der Waals surface area contributed by atoms with Crippen LogP contribution in [-0.4, -0.2) is 128 Å². The van der Waals surface area contributed by atoms with E-state index in [1.165, 1.54) is 0 Å². The van der Waals surface area contributed by atoms with Crippen LogP contribution >= 0.6 is 0 Å². The van der Waals surface area contributed by atoms with E-state index >= 15 is 0 Å². The monoisotopic (exact) mass is 737 g/mol. The minimum absolute atomic E-state index is 0.0124. The Labute approximate surface area is 319 Å². The molecule has 0 saturated carbocycles. The maximum absolute atomic E-state index is 14.1. The summed E-state index contributed by atoms with van der Waals surface area (Å²) in [6.45, 7) is 26.4. The summed E-state index contributed by atoms with van der Waals surface area (Å²) in [7, 11) is 8.90. The Morgan fingerprint density at radius 3 is 1.85 bits per heavy atom. The molecule has 0 aromatic heterocycles. The topological polar surface area (TPSA) is 99.7 Å². The smallest absolute Gasteiger partial charge is 0.228 e. The number of amides is 3. The minimum Gasteiger partial charge on any atom is -0.379 e. The molecule has 0 bridgehead atoms. The van der Waals surface area contributed by atoms with Gasteiger partial charge in [-0.3, -0.25) is 24.1 Å². The molecule has 0 aromatic carbocycles. The summed E-state index contributed by atoms with van der Waals surface area (Å²) in [6.07, 6.45) is 3.71. The largest absolute Gasteiger partial charge is 0.379 e. The maximum Gasteiger partial charge on any atom is 0.228 e. The number of Topliss-reactive ketones (excluding diaryl/α,β-unsaturated/α-hetero) is 1. The summed E-state index contributed by atoms with van der Waals surface area (Å²) in [5.41, 5.74) is 0.123. The highest BCUT2D eigenvalue weighted by Gasteiger charge is 2.43. The van der Waals surface area contributed by atoms with Gasteiger partial charge < -0.3 is 24.2 Å². The first kappa shape index (κ1) is 48.0. The minimum atomic E-state index is -0.547. The second-order valence-corrected chi connectivity index (χ2v) is 17.2. The molecule has 3 amide bonds. The number of carbonyl (C=O) groups is 4. The summed E-state index contributed by atoms with van der Waals surface area (Å²) in [5.74, 6) is -0.544. The third-order valence-electron chi connectivity index (χ3n) is 12.9. The fourth-order valence-corrected chi connectivity index (χ4v) is 8.42. The molecule has 10 nitrogen and oxygen atoms in total. The Kier molecular flexibility index (Phi) is 20.1. The van der Waals surface area contributed by atoms with Gasteiger partial charge in [0.15, 0.2) is 5.78 Å². The van der Waals surface area contributed by atoms with Crippen LogP contribution in [0.2, 0.25) is 0 Å². The van der Waals surface area contributed by atoms with Crippen LogP contribution in [0.4, 0.5) is 0 Å². The average molecular weight is 737 g/mol. The number of likely N-dealkylation sites (tertiary alicyclic amines) is 1. The van der Waals surface area contributed by atoms with Crippen molar-refractivity contribution in [2.24, 2.45) is 35.0 Å². The van der Waals surface area contributed by atoms with Gasteiger partial charge in [-0.2, -0.15) is 0 Å². The molecule has 0 aromatic rings. The average Bonchev–Trinajstić information content (AvgIpc) is 3.59. The number of hydrogen-bond acceptors (Lipinski definition) is 7. The van der Waals surface area contributed by atoms with Gasteiger partial charge in [-0.15, -0.1) is 0 Å². The molecule has 0 spiro atoms. The van der Waals surface area contributed by atoms with Crippen LogP contribution in [0.15, 0.2) is 0 Å². The van der Waals surface area contributed by atoms with Crippen LogP contribution in [0.5, 0.6) is 0 Å². The van der Waals surface area contributed by atoms with Crippen molar-refractivity contribution in [1.29, 1.82) is 0 Å². The first-order valence-electron chi connectivity index (χ1n) is 20.3. The molecule has 1 rings (SSSR count). The lowest BCUT2D eigenvalue weighted by atomic mass is 9.82. The zero-order chi connectivity index (χ0) is 40.2. The number of ether oxygens (including phenoxy) is 2. The van der Waals surface area contributed by atoms with E-state index < -0.39 is 24.0 Å². The molecule has 1 aliphatic rings. The Bertz CT molecular complexity index is 1130. The molecule has 0 radical (unpaired) electrons. The normalized spacial score (nSPS) is 20.0. The van der Waals surface area contributed by atoms with Crippen molar-refractivity contribution in [2.75, 3.05) is 48.5 Å². The molecule has 10 heteroatoms. The number of carbonyl (C=O) groups excluding carboxylic acids is 4. The Hall–Kier alpha value is -2.04. The molecule has 1 fully saturated rings. The molecule has 304 valence electrons. The predicted octanol–water partition coefficient (Wildman–Crippen LogP) is 6.79. The van der Waals surface area contributed by atoms with Gasteiger partial charge in [0.1, 0.15) is 0 Å². The lowest BCUT2D eigenvalue weighted by Gasteiger charge is -2.40. The first-order chi connectivity index (χ1) is 24.2. The molecule has 0 unspecified atom stereocenters. The van der Waals surface area contributed by atoms with Gasteiger partial charge >= 0.3 is 0 Å². The van der Waals surface area contributed by atoms with Crippen LogP contribution in [0.3, 0.4) is 0 Å². The Morgan fingerprint density at radius 1 is 0.808 bits per heavy atom. The molecule has 0 N–H and O–H groups in total. The Balaban J connectivity index is 3.21. The molecule has 9 atom stereocenters. The fourth-order valence-electron chi connectivity index (χ4n) is 8.42. The van der Waals surface area contributed by atoms with E-state index in [1.54, 1.807) is 31.1 Å². The van der Waals surface area contributed by atoms with E-state index in [9.17, 15) is 19.2 Å². The first-order valence-corrected chi connectivity index (χ1v) is 20.3. The van der Waals surface area contributed by atoms with Crippen molar-refractivity contribution in [3.8, 4) is 0 Å². The van der Waals surface area contributed by atoms with Crippen molar-refractivity contribution < 1.29 is 28.7 Å². The van der Waals surface area contributed by atoms with E-state index in [0.717, 1.165) is 38.6 Å². The summed E-state index contributed by atoms with van der Waals surface area (Å²) in [6, 6.07) is -0.791. The fraction of sp³-hybridized carbons (Fsp3) is 0.905. The zero-order valence-electron chi connectivity index (χ0n) is 36.5. The SMILES string of the molecule is CC[C@H](C)[C@@H]([C@@H](CC(=O)N1CCC[C@H]1[C@H](OC)[C@@H](C)C(=O)N(C)[C@H](C)C(C)C)OC)N(C)C(=O)[C@H](C)CC(=O)[C@H](C(C)C)N(C)CC(C)(CC)CC. The molecule has 52 heavy (non-hydrogen) atoms. The van der Waals surface area contributed by atoms with Gasteiger partial charge in [0.05, 0.1) is 42.7 Å². The second-order valence-electron chi connectivity index (χ2n) is 17.2. The van der Waals surface area contributed by atoms with E-state index in [-0.39, 0.29) is 77.8 Å². The van der Waals surface area contributed by atoms with Crippen molar-refractivity contribution in [1.82, 2.24) is 19.6 Å². The molecular weight excluding hydrogens is 656 g/mol. The van der Waals surface area contributed by atoms with Crippen LogP contribution in [0, 0.1) is 35.0 Å².